The molecule has 1 aliphatic heterocycles. The largest absolute Gasteiger partial charge is 0.497 e. The molecule has 142 valence electrons. The Bertz CT molecular complexity index is 837. The van der Waals surface area contributed by atoms with Crippen molar-refractivity contribution in [2.75, 3.05) is 39.8 Å². The molecule has 0 aromatic heterocycles. The molecule has 0 radical (unpaired) electrons. The van der Waals surface area contributed by atoms with Crippen molar-refractivity contribution in [3.63, 3.8) is 0 Å². The summed E-state index contributed by atoms with van der Waals surface area (Å²) in [6.45, 7) is 0. The minimum Gasteiger partial charge on any atom is -0.497 e. The van der Waals surface area contributed by atoms with Crippen LogP contribution >= 0.6 is 0 Å². The van der Waals surface area contributed by atoms with E-state index in [1.54, 1.807) is 0 Å². The number of sulfonamides is 1. The van der Waals surface area contributed by atoms with Crippen LogP contribution in [0.25, 0.3) is 0 Å². The van der Waals surface area contributed by atoms with Crippen molar-refractivity contribution in [2.24, 2.45) is 0 Å². The Hall–Kier alpha value is -1.40. The van der Waals surface area contributed by atoms with Gasteiger partial charge in [0.2, 0.25) is 0 Å². The minimum absolute atomic E-state index is 0.0570. The molecular formula is C14H22N2O7S2. The topological polar surface area (TPSA) is 113 Å². The average Bonchev–Trinajstić information content (AvgIpc) is 2.78. The molecule has 0 aliphatic carbocycles. The summed E-state index contributed by atoms with van der Waals surface area (Å²) in [6, 6.07) is 3.09. The quantitative estimate of drug-likeness (QED) is 0.632. The van der Waals surface area contributed by atoms with Crippen LogP contribution in [-0.2, 0) is 19.9 Å². The van der Waals surface area contributed by atoms with Gasteiger partial charge in [0.25, 0.3) is 10.0 Å². The number of hydrazine groups is 1. The van der Waals surface area contributed by atoms with E-state index in [0.717, 1.165) is 4.41 Å². The van der Waals surface area contributed by atoms with Crippen LogP contribution in [0.2, 0.25) is 0 Å². The van der Waals surface area contributed by atoms with Crippen LogP contribution in [0.5, 0.6) is 11.5 Å². The number of hydrogen-bond donors (Lipinski definition) is 1. The van der Waals surface area contributed by atoms with E-state index in [1.165, 1.54) is 51.5 Å². The molecule has 1 fully saturated rings. The van der Waals surface area contributed by atoms with Crippen molar-refractivity contribution < 1.29 is 31.4 Å². The molecule has 9 nitrogen and oxygen atoms in total. The molecule has 0 amide bonds. The van der Waals surface area contributed by atoms with Crippen molar-refractivity contribution in [3.8, 4) is 11.5 Å². The third kappa shape index (κ3) is 3.90. The van der Waals surface area contributed by atoms with Crippen molar-refractivity contribution >= 4 is 19.9 Å². The maximum Gasteiger partial charge on any atom is 0.260 e. The predicted octanol–water partition coefficient (Wildman–Crippen LogP) is -0.671. The molecule has 11 heteroatoms. The van der Waals surface area contributed by atoms with Gasteiger partial charge >= 0.3 is 0 Å². The highest BCUT2D eigenvalue weighted by molar-refractivity contribution is 7.92. The Morgan fingerprint density at radius 2 is 1.80 bits per heavy atom. The summed E-state index contributed by atoms with van der Waals surface area (Å²) in [6.07, 6.45) is -1.31. The van der Waals surface area contributed by atoms with E-state index in [2.05, 4.69) is 0 Å². The molecule has 0 unspecified atom stereocenters. The van der Waals surface area contributed by atoms with Crippen LogP contribution in [0, 0.1) is 0 Å². The van der Waals surface area contributed by atoms with Gasteiger partial charge in [0, 0.05) is 20.2 Å². The van der Waals surface area contributed by atoms with Gasteiger partial charge in [-0.05, 0) is 12.1 Å². The van der Waals surface area contributed by atoms with Gasteiger partial charge in [-0.25, -0.2) is 21.8 Å². The van der Waals surface area contributed by atoms with Crippen molar-refractivity contribution in [1.82, 2.24) is 9.42 Å². The Morgan fingerprint density at radius 3 is 2.24 bits per heavy atom. The number of hydrogen-bond acceptors (Lipinski definition) is 8. The predicted molar refractivity (Wildman–Crippen MR) is 90.7 cm³/mol. The number of aliphatic hydroxyl groups is 1. The number of ether oxygens (including phenoxy) is 2. The first-order valence-corrected chi connectivity index (χ1v) is 10.6. The van der Waals surface area contributed by atoms with Crippen LogP contribution in [0.1, 0.15) is 0 Å². The first kappa shape index (κ1) is 19.9. The molecule has 2 atom stereocenters. The Morgan fingerprint density at radius 1 is 1.16 bits per heavy atom. The fraction of sp³-hybridized carbons (Fsp3) is 0.571. The van der Waals surface area contributed by atoms with Gasteiger partial charge in [0.15, 0.2) is 9.84 Å². The maximum absolute atomic E-state index is 13.2. The molecule has 1 heterocycles. The summed E-state index contributed by atoms with van der Waals surface area (Å²) >= 11 is 0. The van der Waals surface area contributed by atoms with E-state index < -0.39 is 43.5 Å². The zero-order chi connectivity index (χ0) is 19.0. The molecule has 1 aliphatic rings. The molecular weight excluding hydrogens is 372 g/mol. The lowest BCUT2D eigenvalue weighted by Crippen LogP contribution is -2.53. The number of rotatable bonds is 6. The normalized spacial score (nSPS) is 23.2. The molecule has 0 saturated carbocycles. The van der Waals surface area contributed by atoms with E-state index in [1.807, 2.05) is 0 Å². The molecule has 25 heavy (non-hydrogen) atoms. The number of aliphatic hydroxyl groups excluding tert-OH is 1. The highest BCUT2D eigenvalue weighted by atomic mass is 32.2. The standard InChI is InChI=1S/C14H22N2O7S2/c1-15(2)16(11-8-24(18,19)9-12(11)17)25(20,21)14-6-5-10(22-3)7-13(14)23-4/h5-7,11-12,17H,8-9H2,1-4H3/t11-,12+/m0/s1. The summed E-state index contributed by atoms with van der Waals surface area (Å²) < 4.78 is 61.0. The highest BCUT2D eigenvalue weighted by Gasteiger charge is 2.46. The molecule has 1 aromatic carbocycles. The monoisotopic (exact) mass is 394 g/mol. The second-order valence-corrected chi connectivity index (χ2v) is 9.77. The van der Waals surface area contributed by atoms with Crippen LogP contribution < -0.4 is 9.47 Å². The van der Waals surface area contributed by atoms with Gasteiger partial charge in [0.1, 0.15) is 16.4 Å². The molecule has 1 aromatic rings. The van der Waals surface area contributed by atoms with E-state index in [9.17, 15) is 21.9 Å². The zero-order valence-electron chi connectivity index (χ0n) is 14.4. The number of nitrogens with zero attached hydrogens (tertiary/aromatic N) is 2. The smallest absolute Gasteiger partial charge is 0.260 e. The maximum atomic E-state index is 13.2. The summed E-state index contributed by atoms with van der Waals surface area (Å²) in [5, 5.41) is 11.3. The van der Waals surface area contributed by atoms with Gasteiger partial charge in [-0.3, -0.25) is 0 Å². The van der Waals surface area contributed by atoms with E-state index in [-0.39, 0.29) is 10.6 Å². The molecule has 2 rings (SSSR count). The van der Waals surface area contributed by atoms with Crippen molar-refractivity contribution in [1.29, 1.82) is 0 Å². The minimum atomic E-state index is -4.18. The molecule has 0 spiro atoms. The van der Waals surface area contributed by atoms with E-state index >= 15 is 0 Å². The number of sulfone groups is 1. The fourth-order valence-electron chi connectivity index (χ4n) is 2.80. The molecule has 1 N–H and O–H groups in total. The van der Waals surface area contributed by atoms with Gasteiger partial charge in [0.05, 0.1) is 37.9 Å². The SMILES string of the molecule is COc1ccc(S(=O)(=O)N([C@H]2CS(=O)(=O)C[C@H]2O)N(C)C)c(OC)c1. The van der Waals surface area contributed by atoms with E-state index in [4.69, 9.17) is 9.47 Å². The Balaban J connectivity index is 2.55. The summed E-state index contributed by atoms with van der Waals surface area (Å²) in [4.78, 5) is -0.152. The average molecular weight is 394 g/mol. The van der Waals surface area contributed by atoms with Gasteiger partial charge in [-0.2, -0.15) is 0 Å². The van der Waals surface area contributed by atoms with E-state index in [0.29, 0.717) is 5.75 Å². The lowest BCUT2D eigenvalue weighted by Gasteiger charge is -2.34. The summed E-state index contributed by atoms with van der Waals surface area (Å²) in [5.41, 5.74) is 0. The molecule has 1 saturated heterocycles. The fourth-order valence-corrected chi connectivity index (χ4v) is 6.50. The third-order valence-electron chi connectivity index (χ3n) is 3.87. The van der Waals surface area contributed by atoms with Crippen LogP contribution in [-0.4, -0.2) is 83.3 Å². The Kier molecular flexibility index (Phi) is 5.64. The third-order valence-corrected chi connectivity index (χ3v) is 7.55. The van der Waals surface area contributed by atoms with Crippen molar-refractivity contribution in [3.05, 3.63) is 18.2 Å². The lowest BCUT2D eigenvalue weighted by molar-refractivity contribution is 0.0270. The second-order valence-electron chi connectivity index (χ2n) is 5.85. The zero-order valence-corrected chi connectivity index (χ0v) is 16.0. The number of benzene rings is 1. The second kappa shape index (κ2) is 7.08. The first-order chi connectivity index (χ1) is 11.5. The lowest BCUT2D eigenvalue weighted by atomic mass is 10.2. The highest BCUT2D eigenvalue weighted by Crippen LogP contribution is 2.33. The van der Waals surface area contributed by atoms with Gasteiger partial charge in [-0.15, -0.1) is 4.41 Å². The Labute approximate surface area is 147 Å². The van der Waals surface area contributed by atoms with Crippen molar-refractivity contribution in [2.45, 2.75) is 17.0 Å². The summed E-state index contributed by atoms with van der Waals surface area (Å²) in [7, 11) is -2.02. The van der Waals surface area contributed by atoms with Crippen LogP contribution in [0.4, 0.5) is 0 Å². The summed E-state index contributed by atoms with van der Waals surface area (Å²) in [5.74, 6) is -0.460. The molecule has 0 bridgehead atoms. The first-order valence-electron chi connectivity index (χ1n) is 7.35. The van der Waals surface area contributed by atoms with Crippen LogP contribution in [0.3, 0.4) is 0 Å². The van der Waals surface area contributed by atoms with Gasteiger partial charge < -0.3 is 14.6 Å². The number of methoxy groups -OCH3 is 2. The van der Waals surface area contributed by atoms with Crippen LogP contribution in [0.15, 0.2) is 23.1 Å². The van der Waals surface area contributed by atoms with Gasteiger partial charge in [-0.1, -0.05) is 0 Å².